The lowest BCUT2D eigenvalue weighted by atomic mass is 10.3. The van der Waals surface area contributed by atoms with Crippen LogP contribution in [0.2, 0.25) is 5.15 Å². The third kappa shape index (κ3) is 3.81. The van der Waals surface area contributed by atoms with Crippen LogP contribution >= 0.6 is 39.3 Å². The maximum absolute atomic E-state index is 10.8. The maximum Gasteiger partial charge on any atom is 0.274 e. The Bertz CT molecular complexity index is 671. The van der Waals surface area contributed by atoms with E-state index in [0.717, 1.165) is 0 Å². The SMILES string of the molecule is CSc1nc(Cl)cc(Oc2cc(Br)cc([N+](=O)[O-])c2)n1. The molecule has 0 N–H and O–H groups in total. The van der Waals surface area contributed by atoms with Gasteiger partial charge in [0, 0.05) is 16.6 Å². The van der Waals surface area contributed by atoms with Gasteiger partial charge in [0.05, 0.1) is 11.0 Å². The standard InChI is InChI=1S/C11H7BrClN3O3S/c1-20-11-14-9(13)5-10(15-11)19-8-3-6(12)2-7(4-8)16(17)18/h2-5H,1H3. The summed E-state index contributed by atoms with van der Waals surface area (Å²) in [6, 6.07) is 5.72. The normalized spacial score (nSPS) is 10.3. The van der Waals surface area contributed by atoms with Gasteiger partial charge in [-0.2, -0.15) is 4.98 Å². The van der Waals surface area contributed by atoms with Crippen molar-refractivity contribution in [2.45, 2.75) is 5.16 Å². The fraction of sp³-hybridized carbons (Fsp3) is 0.0909. The molecule has 1 aromatic heterocycles. The van der Waals surface area contributed by atoms with Gasteiger partial charge in [0.1, 0.15) is 10.9 Å². The van der Waals surface area contributed by atoms with Gasteiger partial charge in [0.2, 0.25) is 5.88 Å². The van der Waals surface area contributed by atoms with Gasteiger partial charge in [0.15, 0.2) is 5.16 Å². The number of thioether (sulfide) groups is 1. The molecule has 104 valence electrons. The van der Waals surface area contributed by atoms with Crippen molar-refractivity contribution in [1.29, 1.82) is 0 Å². The molecular weight excluding hydrogens is 370 g/mol. The zero-order valence-corrected chi connectivity index (χ0v) is 13.2. The number of nitro groups is 1. The molecule has 20 heavy (non-hydrogen) atoms. The molecular formula is C11H7BrClN3O3S. The molecule has 1 heterocycles. The number of ether oxygens (including phenoxy) is 1. The minimum Gasteiger partial charge on any atom is -0.439 e. The molecule has 0 atom stereocenters. The average molecular weight is 377 g/mol. The molecule has 2 aromatic rings. The molecule has 0 saturated carbocycles. The average Bonchev–Trinajstić information content (AvgIpc) is 2.37. The molecule has 1 aromatic carbocycles. The van der Waals surface area contributed by atoms with Crippen LogP contribution in [0.1, 0.15) is 0 Å². The highest BCUT2D eigenvalue weighted by atomic mass is 79.9. The molecule has 6 nitrogen and oxygen atoms in total. The summed E-state index contributed by atoms with van der Waals surface area (Å²) in [6.45, 7) is 0. The van der Waals surface area contributed by atoms with E-state index in [4.69, 9.17) is 16.3 Å². The first kappa shape index (κ1) is 15.0. The number of nitro benzene ring substituents is 1. The molecule has 0 fully saturated rings. The smallest absolute Gasteiger partial charge is 0.274 e. The lowest BCUT2D eigenvalue weighted by molar-refractivity contribution is -0.385. The summed E-state index contributed by atoms with van der Waals surface area (Å²) < 4.78 is 6.02. The van der Waals surface area contributed by atoms with Crippen LogP contribution in [0.5, 0.6) is 11.6 Å². The van der Waals surface area contributed by atoms with Gasteiger partial charge in [-0.15, -0.1) is 0 Å². The van der Waals surface area contributed by atoms with Gasteiger partial charge in [-0.3, -0.25) is 10.1 Å². The molecule has 0 aliphatic carbocycles. The van der Waals surface area contributed by atoms with Crippen molar-refractivity contribution in [2.75, 3.05) is 6.26 Å². The molecule has 0 aliphatic rings. The van der Waals surface area contributed by atoms with E-state index >= 15 is 0 Å². The van der Waals surface area contributed by atoms with E-state index in [1.807, 2.05) is 0 Å². The largest absolute Gasteiger partial charge is 0.439 e. The maximum atomic E-state index is 10.8. The lowest BCUT2D eigenvalue weighted by Gasteiger charge is -2.06. The third-order valence-corrected chi connectivity index (χ3v) is 3.32. The Hall–Kier alpha value is -1.38. The van der Waals surface area contributed by atoms with Crippen LogP contribution in [0.3, 0.4) is 0 Å². The van der Waals surface area contributed by atoms with E-state index in [1.54, 1.807) is 12.3 Å². The molecule has 0 spiro atoms. The summed E-state index contributed by atoms with van der Waals surface area (Å²) in [5, 5.41) is 11.5. The van der Waals surface area contributed by atoms with Crippen molar-refractivity contribution in [1.82, 2.24) is 9.97 Å². The van der Waals surface area contributed by atoms with Crippen LogP contribution in [0.15, 0.2) is 33.9 Å². The Kier molecular flexibility index (Phi) is 4.79. The Morgan fingerprint density at radius 3 is 2.75 bits per heavy atom. The van der Waals surface area contributed by atoms with Gasteiger partial charge >= 0.3 is 0 Å². The topological polar surface area (TPSA) is 78.2 Å². The first-order valence-corrected chi connectivity index (χ1v) is 7.59. The van der Waals surface area contributed by atoms with E-state index in [1.165, 1.54) is 30.0 Å². The predicted molar refractivity (Wildman–Crippen MR) is 79.7 cm³/mol. The minimum absolute atomic E-state index is 0.0837. The number of nitrogens with zero attached hydrogens (tertiary/aromatic N) is 3. The molecule has 2 rings (SSSR count). The van der Waals surface area contributed by atoms with Crippen molar-refractivity contribution in [3.05, 3.63) is 44.0 Å². The molecule has 0 aliphatic heterocycles. The number of hydrogen-bond acceptors (Lipinski definition) is 6. The van der Waals surface area contributed by atoms with Crippen molar-refractivity contribution in [3.8, 4) is 11.6 Å². The van der Waals surface area contributed by atoms with Crippen LogP contribution in [-0.4, -0.2) is 21.1 Å². The second-order valence-corrected chi connectivity index (χ2v) is 5.60. The van der Waals surface area contributed by atoms with Crippen molar-refractivity contribution < 1.29 is 9.66 Å². The van der Waals surface area contributed by atoms with Crippen LogP contribution < -0.4 is 4.74 Å². The Morgan fingerprint density at radius 2 is 2.10 bits per heavy atom. The number of hydrogen-bond donors (Lipinski definition) is 0. The van der Waals surface area contributed by atoms with Crippen LogP contribution in [0, 0.1) is 10.1 Å². The van der Waals surface area contributed by atoms with Crippen LogP contribution in [0.4, 0.5) is 5.69 Å². The van der Waals surface area contributed by atoms with Gasteiger partial charge in [-0.1, -0.05) is 39.3 Å². The van der Waals surface area contributed by atoms with Gasteiger partial charge in [-0.25, -0.2) is 4.98 Å². The molecule has 0 amide bonds. The van der Waals surface area contributed by atoms with Crippen molar-refractivity contribution in [3.63, 3.8) is 0 Å². The summed E-state index contributed by atoms with van der Waals surface area (Å²) in [5.74, 6) is 0.509. The number of rotatable bonds is 4. The summed E-state index contributed by atoms with van der Waals surface area (Å²) in [4.78, 5) is 18.4. The highest BCUT2D eigenvalue weighted by Crippen LogP contribution is 2.30. The van der Waals surface area contributed by atoms with E-state index in [0.29, 0.717) is 9.63 Å². The predicted octanol–water partition coefficient (Wildman–Crippen LogP) is 4.31. The minimum atomic E-state index is -0.502. The number of benzene rings is 1. The van der Waals surface area contributed by atoms with E-state index in [2.05, 4.69) is 25.9 Å². The number of halogens is 2. The quantitative estimate of drug-likeness (QED) is 0.260. The summed E-state index contributed by atoms with van der Waals surface area (Å²) in [7, 11) is 0. The zero-order valence-electron chi connectivity index (χ0n) is 10.0. The Labute approximate surface area is 131 Å². The fourth-order valence-corrected chi connectivity index (χ4v) is 2.41. The van der Waals surface area contributed by atoms with E-state index in [-0.39, 0.29) is 22.5 Å². The molecule has 0 bridgehead atoms. The molecule has 0 unspecified atom stereocenters. The number of non-ortho nitro benzene ring substituents is 1. The second kappa shape index (κ2) is 6.38. The number of aromatic nitrogens is 2. The van der Waals surface area contributed by atoms with Gasteiger partial charge < -0.3 is 4.74 Å². The molecule has 0 radical (unpaired) electrons. The fourth-order valence-electron chi connectivity index (χ4n) is 1.35. The van der Waals surface area contributed by atoms with Crippen LogP contribution in [0.25, 0.3) is 0 Å². The molecule has 9 heteroatoms. The first-order chi connectivity index (χ1) is 9.47. The van der Waals surface area contributed by atoms with Crippen LogP contribution in [-0.2, 0) is 0 Å². The molecule has 0 saturated heterocycles. The Balaban J connectivity index is 2.34. The summed E-state index contributed by atoms with van der Waals surface area (Å²) in [5.41, 5.74) is -0.0837. The summed E-state index contributed by atoms with van der Waals surface area (Å²) in [6.07, 6.45) is 1.80. The summed E-state index contributed by atoms with van der Waals surface area (Å²) >= 11 is 10.4. The van der Waals surface area contributed by atoms with E-state index < -0.39 is 4.92 Å². The zero-order chi connectivity index (χ0) is 14.7. The van der Waals surface area contributed by atoms with Crippen molar-refractivity contribution in [2.24, 2.45) is 0 Å². The van der Waals surface area contributed by atoms with Gasteiger partial charge in [0.25, 0.3) is 5.69 Å². The third-order valence-electron chi connectivity index (χ3n) is 2.12. The second-order valence-electron chi connectivity index (χ2n) is 3.52. The Morgan fingerprint density at radius 1 is 1.35 bits per heavy atom. The monoisotopic (exact) mass is 375 g/mol. The van der Waals surface area contributed by atoms with Crippen molar-refractivity contribution >= 4 is 45.0 Å². The van der Waals surface area contributed by atoms with E-state index in [9.17, 15) is 10.1 Å². The highest BCUT2D eigenvalue weighted by molar-refractivity contribution is 9.10. The van der Waals surface area contributed by atoms with Gasteiger partial charge in [-0.05, 0) is 12.3 Å². The lowest BCUT2D eigenvalue weighted by Crippen LogP contribution is -1.94. The highest BCUT2D eigenvalue weighted by Gasteiger charge is 2.11. The first-order valence-electron chi connectivity index (χ1n) is 5.19.